The SMILES string of the molecule is CCn1cc(NC(=O)C(C)n2ncc(Br)c2C)c(C(=O)NCc2ccco2)n1. The minimum atomic E-state index is -0.560. The zero-order valence-corrected chi connectivity index (χ0v) is 17.4. The highest BCUT2D eigenvalue weighted by Gasteiger charge is 2.23. The van der Waals surface area contributed by atoms with Gasteiger partial charge in [0.2, 0.25) is 5.91 Å². The number of amides is 2. The first-order valence-electron chi connectivity index (χ1n) is 8.79. The highest BCUT2D eigenvalue weighted by molar-refractivity contribution is 9.10. The third kappa shape index (κ3) is 4.16. The highest BCUT2D eigenvalue weighted by Crippen LogP contribution is 2.21. The maximum atomic E-state index is 12.7. The van der Waals surface area contributed by atoms with Gasteiger partial charge < -0.3 is 15.1 Å². The number of halogens is 1. The first-order valence-corrected chi connectivity index (χ1v) is 9.58. The molecule has 10 heteroatoms. The van der Waals surface area contributed by atoms with Crippen LogP contribution in [-0.2, 0) is 17.9 Å². The summed E-state index contributed by atoms with van der Waals surface area (Å²) in [5.41, 5.74) is 1.33. The van der Waals surface area contributed by atoms with E-state index in [1.807, 2.05) is 13.8 Å². The second-order valence-electron chi connectivity index (χ2n) is 6.20. The van der Waals surface area contributed by atoms with Crippen molar-refractivity contribution >= 4 is 33.4 Å². The first-order chi connectivity index (χ1) is 13.4. The van der Waals surface area contributed by atoms with Crippen molar-refractivity contribution in [3.05, 3.63) is 52.4 Å². The van der Waals surface area contributed by atoms with Crippen molar-refractivity contribution in [3.8, 4) is 0 Å². The van der Waals surface area contributed by atoms with E-state index in [4.69, 9.17) is 4.42 Å². The number of anilines is 1. The summed E-state index contributed by atoms with van der Waals surface area (Å²) in [5.74, 6) is -0.0683. The van der Waals surface area contributed by atoms with Crippen LogP contribution in [0.3, 0.4) is 0 Å². The minimum Gasteiger partial charge on any atom is -0.467 e. The average molecular weight is 449 g/mol. The molecule has 1 atom stereocenters. The number of hydrogen-bond donors (Lipinski definition) is 2. The maximum absolute atomic E-state index is 12.7. The lowest BCUT2D eigenvalue weighted by Crippen LogP contribution is -2.28. The van der Waals surface area contributed by atoms with Crippen molar-refractivity contribution in [2.24, 2.45) is 0 Å². The molecule has 0 spiro atoms. The van der Waals surface area contributed by atoms with Gasteiger partial charge >= 0.3 is 0 Å². The molecule has 0 bridgehead atoms. The summed E-state index contributed by atoms with van der Waals surface area (Å²) >= 11 is 3.39. The Bertz CT molecular complexity index is 976. The number of nitrogens with one attached hydrogen (secondary N) is 2. The fourth-order valence-corrected chi connectivity index (χ4v) is 2.92. The Kier molecular flexibility index (Phi) is 5.98. The van der Waals surface area contributed by atoms with Gasteiger partial charge in [0.25, 0.3) is 5.91 Å². The lowest BCUT2D eigenvalue weighted by Gasteiger charge is -2.14. The number of carbonyl (C=O) groups excluding carboxylic acids is 2. The summed E-state index contributed by atoms with van der Waals surface area (Å²) in [6.45, 7) is 6.30. The topological polar surface area (TPSA) is 107 Å². The first kappa shape index (κ1) is 19.9. The molecule has 3 aromatic rings. The van der Waals surface area contributed by atoms with Crippen molar-refractivity contribution in [2.45, 2.75) is 39.9 Å². The number of rotatable bonds is 7. The van der Waals surface area contributed by atoms with E-state index in [0.29, 0.717) is 18.0 Å². The molecular formula is C18H21BrN6O3. The van der Waals surface area contributed by atoms with E-state index in [-0.39, 0.29) is 18.1 Å². The number of nitrogens with zero attached hydrogens (tertiary/aromatic N) is 4. The van der Waals surface area contributed by atoms with Gasteiger partial charge in [0.05, 0.1) is 34.9 Å². The molecule has 0 aromatic carbocycles. The molecule has 3 rings (SSSR count). The summed E-state index contributed by atoms with van der Waals surface area (Å²) in [4.78, 5) is 25.3. The molecule has 0 aliphatic rings. The average Bonchev–Trinajstić information content (AvgIpc) is 3.41. The number of furan rings is 1. The monoisotopic (exact) mass is 448 g/mol. The molecule has 0 radical (unpaired) electrons. The van der Waals surface area contributed by atoms with Crippen molar-refractivity contribution < 1.29 is 14.0 Å². The van der Waals surface area contributed by atoms with E-state index >= 15 is 0 Å². The molecule has 3 heterocycles. The summed E-state index contributed by atoms with van der Waals surface area (Å²) < 4.78 is 9.24. The van der Waals surface area contributed by atoms with Gasteiger partial charge in [0, 0.05) is 12.7 Å². The summed E-state index contributed by atoms with van der Waals surface area (Å²) in [6, 6.07) is 2.95. The van der Waals surface area contributed by atoms with Gasteiger partial charge in [0.15, 0.2) is 5.69 Å². The quantitative estimate of drug-likeness (QED) is 0.577. The van der Waals surface area contributed by atoms with E-state index < -0.39 is 11.9 Å². The summed E-state index contributed by atoms with van der Waals surface area (Å²) in [5, 5.41) is 14.0. The smallest absolute Gasteiger partial charge is 0.274 e. The van der Waals surface area contributed by atoms with E-state index in [9.17, 15) is 9.59 Å². The standard InChI is InChI=1S/C18H21BrN6O3/c1-4-24-10-15(16(23-24)18(27)20-8-13-6-5-7-28-13)22-17(26)12(3)25-11(2)14(19)9-21-25/h5-7,9-10,12H,4,8H2,1-3H3,(H,20,27)(H,22,26). The summed E-state index contributed by atoms with van der Waals surface area (Å²) in [6.07, 6.45) is 4.82. The molecule has 28 heavy (non-hydrogen) atoms. The van der Waals surface area contributed by atoms with Crippen molar-refractivity contribution in [1.82, 2.24) is 24.9 Å². The molecule has 148 valence electrons. The fourth-order valence-electron chi connectivity index (χ4n) is 2.65. The van der Waals surface area contributed by atoms with Crippen LogP contribution in [0.15, 0.2) is 39.7 Å². The molecule has 3 aromatic heterocycles. The number of aromatic nitrogens is 4. The third-order valence-electron chi connectivity index (χ3n) is 4.29. The number of aryl methyl sites for hydroxylation is 1. The van der Waals surface area contributed by atoms with Crippen LogP contribution in [0.4, 0.5) is 5.69 Å². The predicted molar refractivity (Wildman–Crippen MR) is 106 cm³/mol. The second-order valence-corrected chi connectivity index (χ2v) is 7.05. The van der Waals surface area contributed by atoms with Crippen LogP contribution in [0, 0.1) is 6.92 Å². The van der Waals surface area contributed by atoms with Gasteiger partial charge in [-0.25, -0.2) is 0 Å². The molecule has 0 aliphatic carbocycles. The van der Waals surface area contributed by atoms with Gasteiger partial charge in [-0.05, 0) is 48.8 Å². The van der Waals surface area contributed by atoms with Crippen molar-refractivity contribution in [2.75, 3.05) is 5.32 Å². The van der Waals surface area contributed by atoms with Crippen LogP contribution < -0.4 is 10.6 Å². The van der Waals surface area contributed by atoms with Gasteiger partial charge in [-0.2, -0.15) is 10.2 Å². The van der Waals surface area contributed by atoms with Gasteiger partial charge in [-0.3, -0.25) is 19.0 Å². The maximum Gasteiger partial charge on any atom is 0.274 e. The van der Waals surface area contributed by atoms with Crippen molar-refractivity contribution in [1.29, 1.82) is 0 Å². The number of carbonyl (C=O) groups is 2. The van der Waals surface area contributed by atoms with Crippen LogP contribution in [0.1, 0.15) is 41.8 Å². The molecule has 2 N–H and O–H groups in total. The normalized spacial score (nSPS) is 12.0. The highest BCUT2D eigenvalue weighted by atomic mass is 79.9. The molecule has 1 unspecified atom stereocenters. The number of hydrogen-bond acceptors (Lipinski definition) is 5. The zero-order valence-electron chi connectivity index (χ0n) is 15.8. The Morgan fingerprint density at radius 2 is 2.18 bits per heavy atom. The Hall–Kier alpha value is -2.88. The molecular weight excluding hydrogens is 428 g/mol. The Morgan fingerprint density at radius 1 is 1.39 bits per heavy atom. The lowest BCUT2D eigenvalue weighted by atomic mass is 10.2. The molecule has 0 saturated carbocycles. The van der Waals surface area contributed by atoms with Gasteiger partial charge in [-0.1, -0.05) is 0 Å². The third-order valence-corrected chi connectivity index (χ3v) is 5.07. The van der Waals surface area contributed by atoms with Gasteiger partial charge in [-0.15, -0.1) is 0 Å². The molecule has 0 aliphatic heterocycles. The summed E-state index contributed by atoms with van der Waals surface area (Å²) in [7, 11) is 0. The van der Waals surface area contributed by atoms with Crippen LogP contribution in [0.5, 0.6) is 0 Å². The largest absolute Gasteiger partial charge is 0.467 e. The minimum absolute atomic E-state index is 0.146. The Balaban J connectivity index is 1.75. The molecule has 2 amide bonds. The van der Waals surface area contributed by atoms with Crippen LogP contribution in [0.25, 0.3) is 0 Å². The molecule has 9 nitrogen and oxygen atoms in total. The van der Waals surface area contributed by atoms with E-state index in [1.54, 1.807) is 40.8 Å². The van der Waals surface area contributed by atoms with E-state index in [1.165, 1.54) is 6.26 Å². The predicted octanol–water partition coefficient (Wildman–Crippen LogP) is 2.89. The van der Waals surface area contributed by atoms with Crippen LogP contribution in [0.2, 0.25) is 0 Å². The lowest BCUT2D eigenvalue weighted by molar-refractivity contribution is -0.119. The zero-order chi connectivity index (χ0) is 20.3. The van der Waals surface area contributed by atoms with Crippen LogP contribution in [-0.4, -0.2) is 31.4 Å². The molecule has 0 fully saturated rings. The second kappa shape index (κ2) is 8.42. The Morgan fingerprint density at radius 3 is 2.79 bits per heavy atom. The van der Waals surface area contributed by atoms with Gasteiger partial charge in [0.1, 0.15) is 11.8 Å². The van der Waals surface area contributed by atoms with E-state index in [0.717, 1.165) is 10.2 Å². The van der Waals surface area contributed by atoms with Crippen molar-refractivity contribution in [3.63, 3.8) is 0 Å². The fraction of sp³-hybridized carbons (Fsp3) is 0.333. The van der Waals surface area contributed by atoms with E-state index in [2.05, 4.69) is 36.8 Å². The molecule has 0 saturated heterocycles. The Labute approximate surface area is 170 Å². The van der Waals surface area contributed by atoms with Crippen LogP contribution >= 0.6 is 15.9 Å².